The van der Waals surface area contributed by atoms with Crippen molar-refractivity contribution in [2.24, 2.45) is 0 Å². The molecule has 0 spiro atoms. The number of nitrogens with one attached hydrogen (secondary N) is 1. The predicted octanol–water partition coefficient (Wildman–Crippen LogP) is 3.14. The summed E-state index contributed by atoms with van der Waals surface area (Å²) in [5.74, 6) is 0.327. The Balaban J connectivity index is 1.92. The van der Waals surface area contributed by atoms with E-state index in [1.807, 2.05) is 6.92 Å². The Bertz CT molecular complexity index is 1010. The van der Waals surface area contributed by atoms with Gasteiger partial charge in [-0.1, -0.05) is 0 Å². The molecule has 0 aliphatic rings. The normalized spacial score (nSPS) is 11.6. The largest absolute Gasteiger partial charge is 0.497 e. The van der Waals surface area contributed by atoms with E-state index in [1.54, 1.807) is 6.20 Å². The number of halogens is 3. The summed E-state index contributed by atoms with van der Waals surface area (Å²) < 4.78 is 44.0. The first-order valence-corrected chi connectivity index (χ1v) is 7.86. The number of benzene rings is 1. The number of ether oxygens (including phenoxy) is 1. The van der Waals surface area contributed by atoms with Crippen molar-refractivity contribution < 1.29 is 17.9 Å². The molecule has 0 amide bonds. The SMILES string of the molecule is COc1cc(NCc2cnc3nc(N)nc(N)c3c2C)cc(C(F)(F)F)c1. The van der Waals surface area contributed by atoms with Crippen molar-refractivity contribution >= 4 is 28.5 Å². The standard InChI is InChI=1S/C17H17F3N6O/c1-8-9(7-24-15-13(8)14(21)25-16(22)26-15)6-23-11-3-10(17(18,19)20)4-12(5-11)27-2/h3-5,7,23H,6H2,1-2H3,(H4,21,22,24,25,26). The Hall–Kier alpha value is -3.30. The molecule has 0 radical (unpaired) electrons. The number of nitrogens with two attached hydrogens (primary N) is 2. The van der Waals surface area contributed by atoms with Crippen molar-refractivity contribution in [1.29, 1.82) is 0 Å². The number of anilines is 3. The van der Waals surface area contributed by atoms with Crippen LogP contribution in [0.15, 0.2) is 24.4 Å². The quantitative estimate of drug-likeness (QED) is 0.639. The van der Waals surface area contributed by atoms with E-state index < -0.39 is 11.7 Å². The van der Waals surface area contributed by atoms with Gasteiger partial charge in [-0.2, -0.15) is 23.1 Å². The molecule has 142 valence electrons. The maximum Gasteiger partial charge on any atom is 0.416 e. The highest BCUT2D eigenvalue weighted by Gasteiger charge is 2.31. The van der Waals surface area contributed by atoms with E-state index >= 15 is 0 Å². The summed E-state index contributed by atoms with van der Waals surface area (Å²) >= 11 is 0. The van der Waals surface area contributed by atoms with Crippen LogP contribution in [0.2, 0.25) is 0 Å². The van der Waals surface area contributed by atoms with Crippen LogP contribution in [0, 0.1) is 6.92 Å². The topological polar surface area (TPSA) is 112 Å². The van der Waals surface area contributed by atoms with Crippen LogP contribution in [0.1, 0.15) is 16.7 Å². The maximum absolute atomic E-state index is 13.0. The summed E-state index contributed by atoms with van der Waals surface area (Å²) in [7, 11) is 1.31. The van der Waals surface area contributed by atoms with Gasteiger partial charge in [0.2, 0.25) is 5.95 Å². The number of methoxy groups -OCH3 is 1. The molecule has 3 aromatic rings. The highest BCUT2D eigenvalue weighted by atomic mass is 19.4. The van der Waals surface area contributed by atoms with E-state index in [-0.39, 0.29) is 29.7 Å². The summed E-state index contributed by atoms with van der Waals surface area (Å²) in [6.07, 6.45) is -2.90. The Morgan fingerprint density at radius 1 is 1.15 bits per heavy atom. The fraction of sp³-hybridized carbons (Fsp3) is 0.235. The van der Waals surface area contributed by atoms with Gasteiger partial charge < -0.3 is 21.5 Å². The average molecular weight is 378 g/mol. The summed E-state index contributed by atoms with van der Waals surface area (Å²) in [6, 6.07) is 3.44. The van der Waals surface area contributed by atoms with Gasteiger partial charge in [-0.05, 0) is 30.2 Å². The zero-order valence-corrected chi connectivity index (χ0v) is 14.6. The molecule has 0 atom stereocenters. The van der Waals surface area contributed by atoms with E-state index in [0.29, 0.717) is 11.0 Å². The van der Waals surface area contributed by atoms with Crippen LogP contribution in [0.3, 0.4) is 0 Å². The third-order valence-corrected chi connectivity index (χ3v) is 4.09. The van der Waals surface area contributed by atoms with Crippen molar-refractivity contribution in [3.8, 4) is 5.75 Å². The van der Waals surface area contributed by atoms with E-state index in [9.17, 15) is 13.2 Å². The van der Waals surface area contributed by atoms with Gasteiger partial charge in [0, 0.05) is 24.5 Å². The fourth-order valence-corrected chi connectivity index (χ4v) is 2.69. The number of hydrogen-bond acceptors (Lipinski definition) is 7. The number of alkyl halides is 3. The maximum atomic E-state index is 13.0. The van der Waals surface area contributed by atoms with E-state index in [1.165, 1.54) is 13.2 Å². The lowest BCUT2D eigenvalue weighted by atomic mass is 10.1. The summed E-state index contributed by atoms with van der Waals surface area (Å²) in [4.78, 5) is 12.2. The molecular formula is C17H17F3N6O. The number of rotatable bonds is 4. The number of aromatic nitrogens is 3. The van der Waals surface area contributed by atoms with E-state index in [4.69, 9.17) is 16.2 Å². The zero-order chi connectivity index (χ0) is 19.8. The fourth-order valence-electron chi connectivity index (χ4n) is 2.69. The minimum atomic E-state index is -4.48. The Morgan fingerprint density at radius 2 is 1.89 bits per heavy atom. The van der Waals surface area contributed by atoms with Gasteiger partial charge >= 0.3 is 6.18 Å². The van der Waals surface area contributed by atoms with Crippen LogP contribution >= 0.6 is 0 Å². The van der Waals surface area contributed by atoms with Crippen molar-refractivity contribution in [3.63, 3.8) is 0 Å². The lowest BCUT2D eigenvalue weighted by Crippen LogP contribution is -2.09. The van der Waals surface area contributed by atoms with Gasteiger partial charge in [-0.25, -0.2) is 4.98 Å². The predicted molar refractivity (Wildman–Crippen MR) is 96.2 cm³/mol. The number of pyridine rings is 1. The van der Waals surface area contributed by atoms with E-state index in [0.717, 1.165) is 23.3 Å². The second-order valence-electron chi connectivity index (χ2n) is 5.88. The Kier molecular flexibility index (Phi) is 4.64. The molecular weight excluding hydrogens is 361 g/mol. The second kappa shape index (κ2) is 6.78. The molecule has 0 saturated heterocycles. The zero-order valence-electron chi connectivity index (χ0n) is 14.6. The van der Waals surface area contributed by atoms with Crippen molar-refractivity contribution in [2.75, 3.05) is 23.9 Å². The minimum Gasteiger partial charge on any atom is -0.497 e. The number of aryl methyl sites for hydroxylation is 1. The molecule has 0 aliphatic carbocycles. The van der Waals surface area contributed by atoms with Gasteiger partial charge in [0.15, 0.2) is 5.65 Å². The molecule has 3 rings (SSSR count). The van der Waals surface area contributed by atoms with Gasteiger partial charge in [0.25, 0.3) is 0 Å². The molecule has 27 heavy (non-hydrogen) atoms. The molecule has 1 aromatic carbocycles. The van der Waals surface area contributed by atoms with Crippen LogP contribution in [0.5, 0.6) is 5.75 Å². The molecule has 2 heterocycles. The number of nitrogens with zero attached hydrogens (tertiary/aromatic N) is 3. The van der Waals surface area contributed by atoms with Crippen molar-refractivity contribution in [2.45, 2.75) is 19.6 Å². The molecule has 10 heteroatoms. The lowest BCUT2D eigenvalue weighted by Gasteiger charge is -2.14. The van der Waals surface area contributed by atoms with Crippen LogP contribution in [0.4, 0.5) is 30.6 Å². The van der Waals surface area contributed by atoms with Crippen molar-refractivity contribution in [3.05, 3.63) is 41.1 Å². The molecule has 0 aliphatic heterocycles. The summed E-state index contributed by atoms with van der Waals surface area (Å²) in [5, 5.41) is 3.52. The Labute approximate surface area is 152 Å². The third kappa shape index (κ3) is 3.78. The van der Waals surface area contributed by atoms with Crippen LogP contribution in [-0.4, -0.2) is 22.1 Å². The van der Waals surface area contributed by atoms with Gasteiger partial charge in [0.05, 0.1) is 18.1 Å². The highest BCUT2D eigenvalue weighted by Crippen LogP contribution is 2.34. The number of nitrogen functional groups attached to an aromatic ring is 2. The summed E-state index contributed by atoms with van der Waals surface area (Å²) in [5.41, 5.74) is 12.8. The van der Waals surface area contributed by atoms with Crippen molar-refractivity contribution in [1.82, 2.24) is 15.0 Å². The number of fused-ring (bicyclic) bond motifs is 1. The highest BCUT2D eigenvalue weighted by molar-refractivity contribution is 5.90. The first-order chi connectivity index (χ1) is 12.7. The molecule has 0 unspecified atom stereocenters. The van der Waals surface area contributed by atoms with Gasteiger partial charge in [-0.3, -0.25) is 0 Å². The Morgan fingerprint density at radius 3 is 2.56 bits per heavy atom. The molecule has 2 aromatic heterocycles. The first kappa shape index (κ1) is 18.5. The molecule has 0 fully saturated rings. The molecule has 0 saturated carbocycles. The molecule has 7 nitrogen and oxygen atoms in total. The first-order valence-electron chi connectivity index (χ1n) is 7.86. The van der Waals surface area contributed by atoms with Crippen LogP contribution < -0.4 is 21.5 Å². The van der Waals surface area contributed by atoms with Gasteiger partial charge in [0.1, 0.15) is 11.6 Å². The smallest absolute Gasteiger partial charge is 0.416 e. The third-order valence-electron chi connectivity index (χ3n) is 4.09. The molecule has 0 bridgehead atoms. The van der Waals surface area contributed by atoms with Crippen LogP contribution in [-0.2, 0) is 12.7 Å². The molecule has 5 N–H and O–H groups in total. The number of hydrogen-bond donors (Lipinski definition) is 3. The second-order valence-corrected chi connectivity index (χ2v) is 5.88. The average Bonchev–Trinajstić information content (AvgIpc) is 2.59. The van der Waals surface area contributed by atoms with E-state index in [2.05, 4.69) is 20.3 Å². The monoisotopic (exact) mass is 378 g/mol. The summed E-state index contributed by atoms with van der Waals surface area (Å²) in [6.45, 7) is 2.03. The van der Waals surface area contributed by atoms with Crippen LogP contribution in [0.25, 0.3) is 11.0 Å². The minimum absolute atomic E-state index is 0.0221. The van der Waals surface area contributed by atoms with Gasteiger partial charge in [-0.15, -0.1) is 0 Å². The lowest BCUT2D eigenvalue weighted by molar-refractivity contribution is -0.137.